The SMILES string of the molecule is Cc1c(Cl)n(O)ccc1=N. The molecule has 54 valence electrons. The van der Waals surface area contributed by atoms with E-state index in [4.69, 9.17) is 22.2 Å². The summed E-state index contributed by atoms with van der Waals surface area (Å²) in [5, 5.41) is 16.7. The second kappa shape index (κ2) is 2.34. The Morgan fingerprint density at radius 3 is 2.80 bits per heavy atom. The number of rotatable bonds is 0. The lowest BCUT2D eigenvalue weighted by Crippen LogP contribution is -2.09. The summed E-state index contributed by atoms with van der Waals surface area (Å²) in [6.45, 7) is 1.68. The molecule has 0 aliphatic rings. The summed E-state index contributed by atoms with van der Waals surface area (Å²) in [6.07, 6.45) is 1.33. The van der Waals surface area contributed by atoms with Crippen LogP contribution in [0.15, 0.2) is 12.3 Å². The van der Waals surface area contributed by atoms with Gasteiger partial charge in [-0.05, 0) is 13.0 Å². The van der Waals surface area contributed by atoms with Gasteiger partial charge in [-0.2, -0.15) is 4.73 Å². The molecule has 0 fully saturated rings. The van der Waals surface area contributed by atoms with E-state index in [1.54, 1.807) is 6.92 Å². The zero-order valence-electron chi connectivity index (χ0n) is 5.43. The van der Waals surface area contributed by atoms with Crippen LogP contribution < -0.4 is 5.36 Å². The van der Waals surface area contributed by atoms with E-state index in [9.17, 15) is 0 Å². The van der Waals surface area contributed by atoms with Gasteiger partial charge in [0.15, 0.2) is 0 Å². The molecule has 1 aromatic rings. The fourth-order valence-electron chi connectivity index (χ4n) is 0.619. The predicted molar refractivity (Wildman–Crippen MR) is 37.2 cm³/mol. The molecule has 1 heterocycles. The molecule has 0 saturated heterocycles. The third-order valence-corrected chi connectivity index (χ3v) is 1.75. The lowest BCUT2D eigenvalue weighted by Gasteiger charge is -2.01. The van der Waals surface area contributed by atoms with Crippen LogP contribution in [0.1, 0.15) is 5.56 Å². The number of nitrogens with one attached hydrogen (secondary N) is 1. The summed E-state index contributed by atoms with van der Waals surface area (Å²) in [5.41, 5.74) is 0.576. The Bertz CT molecular complexity index is 305. The Morgan fingerprint density at radius 2 is 2.30 bits per heavy atom. The standard InChI is InChI=1S/C6H7ClN2O/c1-4-5(8)2-3-9(10)6(4)7/h2-3,8,10H,1H3. The minimum absolute atomic E-state index is 0.188. The van der Waals surface area contributed by atoms with Crippen LogP contribution in [-0.2, 0) is 0 Å². The van der Waals surface area contributed by atoms with E-state index in [0.717, 1.165) is 4.73 Å². The van der Waals surface area contributed by atoms with Crippen molar-refractivity contribution in [3.63, 3.8) is 0 Å². The van der Waals surface area contributed by atoms with Gasteiger partial charge in [0.25, 0.3) is 0 Å². The van der Waals surface area contributed by atoms with Gasteiger partial charge in [-0.25, -0.2) is 0 Å². The van der Waals surface area contributed by atoms with Crippen molar-refractivity contribution < 1.29 is 5.21 Å². The van der Waals surface area contributed by atoms with Crippen molar-refractivity contribution >= 4 is 11.6 Å². The van der Waals surface area contributed by atoms with Gasteiger partial charge in [-0.15, -0.1) is 0 Å². The average Bonchev–Trinajstić information content (AvgIpc) is 1.93. The molecule has 10 heavy (non-hydrogen) atoms. The van der Waals surface area contributed by atoms with Crippen LogP contribution >= 0.6 is 11.6 Å². The fourth-order valence-corrected chi connectivity index (χ4v) is 0.777. The highest BCUT2D eigenvalue weighted by Crippen LogP contribution is 2.07. The highest BCUT2D eigenvalue weighted by molar-refractivity contribution is 6.30. The van der Waals surface area contributed by atoms with Gasteiger partial charge >= 0.3 is 0 Å². The summed E-state index contributed by atoms with van der Waals surface area (Å²) >= 11 is 5.58. The molecule has 0 amide bonds. The number of hydrogen-bond donors (Lipinski definition) is 2. The van der Waals surface area contributed by atoms with Crippen molar-refractivity contribution in [2.24, 2.45) is 0 Å². The second-order valence-electron chi connectivity index (χ2n) is 1.99. The van der Waals surface area contributed by atoms with Crippen LogP contribution in [0.4, 0.5) is 0 Å². The van der Waals surface area contributed by atoms with Crippen molar-refractivity contribution in [1.29, 1.82) is 5.41 Å². The molecule has 0 aromatic carbocycles. The predicted octanol–water partition coefficient (Wildman–Crippen LogP) is 1.17. The van der Waals surface area contributed by atoms with Gasteiger partial charge in [0, 0.05) is 11.8 Å². The number of halogens is 1. The monoisotopic (exact) mass is 158 g/mol. The third-order valence-electron chi connectivity index (χ3n) is 1.30. The molecule has 0 spiro atoms. The van der Waals surface area contributed by atoms with Crippen molar-refractivity contribution in [3.8, 4) is 0 Å². The van der Waals surface area contributed by atoms with Crippen molar-refractivity contribution in [2.45, 2.75) is 6.92 Å². The minimum Gasteiger partial charge on any atom is -0.428 e. The second-order valence-corrected chi connectivity index (χ2v) is 2.35. The minimum atomic E-state index is 0.188. The summed E-state index contributed by atoms with van der Waals surface area (Å²) in [4.78, 5) is 0. The number of hydrogen-bond acceptors (Lipinski definition) is 2. The summed E-state index contributed by atoms with van der Waals surface area (Å²) in [5.74, 6) is 0. The molecular formula is C6H7ClN2O. The van der Waals surface area contributed by atoms with Gasteiger partial charge < -0.3 is 10.6 Å². The Morgan fingerprint density at radius 1 is 1.70 bits per heavy atom. The normalized spacial score (nSPS) is 9.80. The zero-order chi connectivity index (χ0) is 7.72. The molecule has 0 saturated carbocycles. The van der Waals surface area contributed by atoms with Crippen molar-refractivity contribution in [3.05, 3.63) is 28.3 Å². The maximum absolute atomic E-state index is 8.93. The van der Waals surface area contributed by atoms with Crippen molar-refractivity contribution in [2.75, 3.05) is 0 Å². The Balaban J connectivity index is 3.49. The van der Waals surface area contributed by atoms with Crippen LogP contribution in [0.5, 0.6) is 0 Å². The lowest BCUT2D eigenvalue weighted by molar-refractivity contribution is 0.184. The largest absolute Gasteiger partial charge is 0.428 e. The van der Waals surface area contributed by atoms with E-state index in [2.05, 4.69) is 0 Å². The first kappa shape index (κ1) is 7.15. The first-order valence-corrected chi connectivity index (χ1v) is 3.12. The molecule has 0 atom stereocenters. The quantitative estimate of drug-likeness (QED) is 0.432. The molecular weight excluding hydrogens is 152 g/mol. The van der Waals surface area contributed by atoms with Gasteiger partial charge in [-0.1, -0.05) is 11.6 Å². The fraction of sp³-hybridized carbons (Fsp3) is 0.167. The number of nitrogens with zero attached hydrogens (tertiary/aromatic N) is 1. The number of aromatic nitrogens is 1. The highest BCUT2D eigenvalue weighted by atomic mass is 35.5. The van der Waals surface area contributed by atoms with Gasteiger partial charge in [0.1, 0.15) is 5.15 Å². The van der Waals surface area contributed by atoms with Crippen LogP contribution in [-0.4, -0.2) is 9.94 Å². The number of pyridine rings is 1. The molecule has 1 rings (SSSR count). The molecule has 0 bridgehead atoms. The Labute approximate surface area is 63.0 Å². The van der Waals surface area contributed by atoms with Gasteiger partial charge in [-0.3, -0.25) is 0 Å². The van der Waals surface area contributed by atoms with Gasteiger partial charge in [0.05, 0.1) is 5.36 Å². The van der Waals surface area contributed by atoms with Crippen LogP contribution in [0.25, 0.3) is 0 Å². The van der Waals surface area contributed by atoms with E-state index in [1.165, 1.54) is 12.3 Å². The Hall–Kier alpha value is -0.960. The first-order valence-electron chi connectivity index (χ1n) is 2.74. The van der Waals surface area contributed by atoms with E-state index in [0.29, 0.717) is 10.9 Å². The van der Waals surface area contributed by atoms with E-state index < -0.39 is 0 Å². The summed E-state index contributed by atoms with van der Waals surface area (Å²) in [7, 11) is 0. The zero-order valence-corrected chi connectivity index (χ0v) is 6.18. The Kier molecular flexibility index (Phi) is 1.68. The molecule has 0 radical (unpaired) electrons. The summed E-state index contributed by atoms with van der Waals surface area (Å²) in [6, 6.07) is 1.47. The molecule has 0 unspecified atom stereocenters. The van der Waals surface area contributed by atoms with E-state index in [-0.39, 0.29) is 5.15 Å². The molecule has 3 nitrogen and oxygen atoms in total. The average molecular weight is 159 g/mol. The molecule has 4 heteroatoms. The van der Waals surface area contributed by atoms with E-state index in [1.807, 2.05) is 0 Å². The summed E-state index contributed by atoms with van der Waals surface area (Å²) < 4.78 is 0.787. The van der Waals surface area contributed by atoms with E-state index >= 15 is 0 Å². The highest BCUT2D eigenvalue weighted by Gasteiger charge is 1.98. The molecule has 0 aliphatic heterocycles. The maximum atomic E-state index is 8.93. The van der Waals surface area contributed by atoms with Crippen LogP contribution in [0.3, 0.4) is 0 Å². The lowest BCUT2D eigenvalue weighted by atomic mass is 10.3. The topological polar surface area (TPSA) is 49.0 Å². The molecule has 2 N–H and O–H groups in total. The maximum Gasteiger partial charge on any atom is 0.150 e. The van der Waals surface area contributed by atoms with Crippen molar-refractivity contribution in [1.82, 2.24) is 4.73 Å². The van der Waals surface area contributed by atoms with Crippen LogP contribution in [0.2, 0.25) is 5.15 Å². The smallest absolute Gasteiger partial charge is 0.150 e. The van der Waals surface area contributed by atoms with Gasteiger partial charge in [0.2, 0.25) is 0 Å². The molecule has 1 aromatic heterocycles. The third kappa shape index (κ3) is 0.998. The first-order chi connectivity index (χ1) is 4.63. The molecule has 0 aliphatic carbocycles. The van der Waals surface area contributed by atoms with Crippen LogP contribution in [0, 0.1) is 12.3 Å².